The van der Waals surface area contributed by atoms with Gasteiger partial charge in [-0.2, -0.15) is 0 Å². The monoisotopic (exact) mass is 222 g/mol. The van der Waals surface area contributed by atoms with Crippen molar-refractivity contribution >= 4 is 0 Å². The molecular weight excluding hydrogens is 213 g/mol. The Morgan fingerprint density at radius 1 is 0.875 bits per heavy atom. The molecule has 0 unspecified atom stereocenters. The highest BCUT2D eigenvalue weighted by Gasteiger charge is 2.16. The summed E-state index contributed by atoms with van der Waals surface area (Å²) in [4.78, 5) is 0. The summed E-state index contributed by atoms with van der Waals surface area (Å²) in [7, 11) is 0. The van der Waals surface area contributed by atoms with E-state index in [1.807, 2.05) is 0 Å². The molecule has 0 aliphatic heterocycles. The van der Waals surface area contributed by atoms with Crippen LogP contribution >= 0.6 is 0 Å². The molecule has 16 heavy (non-hydrogen) atoms. The normalized spacial score (nSPS) is 10.5. The van der Waals surface area contributed by atoms with Crippen molar-refractivity contribution in [3.63, 3.8) is 0 Å². The van der Waals surface area contributed by atoms with Crippen LogP contribution in [0.5, 0.6) is 0 Å². The maximum absolute atomic E-state index is 13.7. The first-order valence-electron chi connectivity index (χ1n) is 4.80. The van der Waals surface area contributed by atoms with Gasteiger partial charge in [-0.05, 0) is 12.5 Å². The lowest BCUT2D eigenvalue weighted by molar-refractivity contribution is 0.537. The van der Waals surface area contributed by atoms with Gasteiger partial charge in [0.1, 0.15) is 17.5 Å². The number of halogens is 3. The SMILES string of the molecule is Cc1c(F)cc(F)c(-c2ccccc2)c1F. The summed E-state index contributed by atoms with van der Waals surface area (Å²) in [6.07, 6.45) is 0. The topological polar surface area (TPSA) is 0 Å². The third kappa shape index (κ3) is 1.69. The van der Waals surface area contributed by atoms with E-state index in [1.54, 1.807) is 30.3 Å². The lowest BCUT2D eigenvalue weighted by atomic mass is 10.0. The Morgan fingerprint density at radius 3 is 2.12 bits per heavy atom. The Morgan fingerprint density at radius 2 is 1.50 bits per heavy atom. The molecule has 0 amide bonds. The molecule has 0 bridgehead atoms. The van der Waals surface area contributed by atoms with Crippen molar-refractivity contribution in [1.82, 2.24) is 0 Å². The van der Waals surface area contributed by atoms with E-state index in [0.29, 0.717) is 11.6 Å². The lowest BCUT2D eigenvalue weighted by Gasteiger charge is -2.08. The molecule has 0 spiro atoms. The van der Waals surface area contributed by atoms with Crippen LogP contribution in [-0.2, 0) is 0 Å². The first-order chi connectivity index (χ1) is 7.61. The fourth-order valence-electron chi connectivity index (χ4n) is 1.56. The minimum atomic E-state index is -0.883. The van der Waals surface area contributed by atoms with Gasteiger partial charge in [0, 0.05) is 11.6 Å². The largest absolute Gasteiger partial charge is 0.206 e. The van der Waals surface area contributed by atoms with Crippen molar-refractivity contribution in [3.05, 3.63) is 59.4 Å². The van der Waals surface area contributed by atoms with Gasteiger partial charge in [-0.3, -0.25) is 0 Å². The van der Waals surface area contributed by atoms with E-state index in [9.17, 15) is 13.2 Å². The lowest BCUT2D eigenvalue weighted by Crippen LogP contribution is -1.97. The van der Waals surface area contributed by atoms with E-state index in [1.165, 1.54) is 6.92 Å². The van der Waals surface area contributed by atoms with Crippen molar-refractivity contribution in [2.24, 2.45) is 0 Å². The molecule has 0 nitrogen and oxygen atoms in total. The first-order valence-corrected chi connectivity index (χ1v) is 4.80. The van der Waals surface area contributed by atoms with Crippen molar-refractivity contribution in [2.75, 3.05) is 0 Å². The summed E-state index contributed by atoms with van der Waals surface area (Å²) in [5, 5.41) is 0. The highest BCUT2D eigenvalue weighted by molar-refractivity contribution is 5.65. The van der Waals surface area contributed by atoms with Gasteiger partial charge >= 0.3 is 0 Å². The molecule has 0 fully saturated rings. The zero-order valence-corrected chi connectivity index (χ0v) is 8.60. The number of hydrogen-bond acceptors (Lipinski definition) is 0. The second-order valence-corrected chi connectivity index (χ2v) is 3.52. The maximum Gasteiger partial charge on any atom is 0.139 e. The molecule has 0 aliphatic rings. The molecule has 2 aromatic rings. The van der Waals surface area contributed by atoms with Crippen LogP contribution in [-0.4, -0.2) is 0 Å². The van der Waals surface area contributed by atoms with Crippen LogP contribution in [0.1, 0.15) is 5.56 Å². The quantitative estimate of drug-likeness (QED) is 0.682. The molecule has 0 aliphatic carbocycles. The summed E-state index contributed by atoms with van der Waals surface area (Å²) in [5.74, 6) is -2.59. The zero-order valence-electron chi connectivity index (χ0n) is 8.60. The predicted octanol–water partition coefficient (Wildman–Crippen LogP) is 4.08. The molecule has 0 saturated heterocycles. The van der Waals surface area contributed by atoms with E-state index in [2.05, 4.69) is 0 Å². The second-order valence-electron chi connectivity index (χ2n) is 3.52. The Hall–Kier alpha value is -1.77. The van der Waals surface area contributed by atoms with Gasteiger partial charge in [-0.25, -0.2) is 13.2 Å². The van der Waals surface area contributed by atoms with Crippen molar-refractivity contribution in [3.8, 4) is 11.1 Å². The molecular formula is C13H9F3. The molecule has 0 N–H and O–H groups in total. The first kappa shape index (κ1) is 10.7. The summed E-state index contributed by atoms with van der Waals surface area (Å²) in [6, 6.07) is 8.97. The number of hydrogen-bond donors (Lipinski definition) is 0. The molecule has 3 heteroatoms. The van der Waals surface area contributed by atoms with Gasteiger partial charge in [-0.1, -0.05) is 30.3 Å². The van der Waals surface area contributed by atoms with Gasteiger partial charge in [0.15, 0.2) is 0 Å². The van der Waals surface area contributed by atoms with Gasteiger partial charge in [0.2, 0.25) is 0 Å². The Balaban J connectivity index is 2.71. The van der Waals surface area contributed by atoms with Gasteiger partial charge in [0.05, 0.1) is 5.56 Å². The highest BCUT2D eigenvalue weighted by atomic mass is 19.1. The smallest absolute Gasteiger partial charge is 0.139 e. The van der Waals surface area contributed by atoms with E-state index < -0.39 is 17.5 Å². The van der Waals surface area contributed by atoms with Crippen LogP contribution in [0.4, 0.5) is 13.2 Å². The van der Waals surface area contributed by atoms with Gasteiger partial charge < -0.3 is 0 Å². The summed E-state index contributed by atoms with van der Waals surface area (Å²) in [6.45, 7) is 1.29. The van der Waals surface area contributed by atoms with Crippen LogP contribution < -0.4 is 0 Å². The van der Waals surface area contributed by atoms with Crippen LogP contribution in [0.2, 0.25) is 0 Å². The number of rotatable bonds is 1. The fraction of sp³-hybridized carbons (Fsp3) is 0.0769. The third-order valence-electron chi connectivity index (χ3n) is 2.46. The molecule has 0 radical (unpaired) electrons. The molecule has 2 rings (SSSR count). The maximum atomic E-state index is 13.7. The standard InChI is InChI=1S/C13H9F3/c1-8-10(14)7-11(15)12(13(8)16)9-5-3-2-4-6-9/h2-7H,1H3. The van der Waals surface area contributed by atoms with Crippen LogP contribution in [0.3, 0.4) is 0 Å². The number of benzene rings is 2. The molecule has 0 atom stereocenters. The zero-order chi connectivity index (χ0) is 11.7. The van der Waals surface area contributed by atoms with Gasteiger partial charge in [0.25, 0.3) is 0 Å². The van der Waals surface area contributed by atoms with Crippen molar-refractivity contribution in [1.29, 1.82) is 0 Å². The summed E-state index contributed by atoms with van der Waals surface area (Å²) >= 11 is 0. The average Bonchev–Trinajstić information content (AvgIpc) is 2.28. The van der Waals surface area contributed by atoms with E-state index in [4.69, 9.17) is 0 Å². The summed E-state index contributed by atoms with van der Waals surface area (Å²) in [5.41, 5.74) is 0.0559. The minimum Gasteiger partial charge on any atom is -0.206 e. The van der Waals surface area contributed by atoms with Crippen LogP contribution in [0, 0.1) is 24.4 Å². The van der Waals surface area contributed by atoms with Crippen molar-refractivity contribution in [2.45, 2.75) is 6.92 Å². The Bertz CT molecular complexity index is 518. The third-order valence-corrected chi connectivity index (χ3v) is 2.46. The average molecular weight is 222 g/mol. The summed E-state index contributed by atoms with van der Waals surface area (Å²) < 4.78 is 40.3. The van der Waals surface area contributed by atoms with Crippen LogP contribution in [0.25, 0.3) is 11.1 Å². The van der Waals surface area contributed by atoms with Gasteiger partial charge in [-0.15, -0.1) is 0 Å². The van der Waals surface area contributed by atoms with E-state index in [-0.39, 0.29) is 11.1 Å². The molecule has 0 saturated carbocycles. The van der Waals surface area contributed by atoms with E-state index in [0.717, 1.165) is 0 Å². The van der Waals surface area contributed by atoms with Crippen molar-refractivity contribution < 1.29 is 13.2 Å². The predicted molar refractivity (Wildman–Crippen MR) is 56.5 cm³/mol. The molecule has 2 aromatic carbocycles. The Kier molecular flexibility index (Phi) is 2.69. The van der Waals surface area contributed by atoms with E-state index >= 15 is 0 Å². The molecule has 0 aromatic heterocycles. The fourth-order valence-corrected chi connectivity index (χ4v) is 1.56. The molecule has 82 valence electrons. The molecule has 0 heterocycles. The Labute approximate surface area is 91.4 Å². The minimum absolute atomic E-state index is 0.166. The second kappa shape index (κ2) is 4.00. The van der Waals surface area contributed by atoms with Crippen LogP contribution in [0.15, 0.2) is 36.4 Å². The highest BCUT2D eigenvalue weighted by Crippen LogP contribution is 2.29.